The van der Waals surface area contributed by atoms with Gasteiger partial charge in [0.2, 0.25) is 5.91 Å². The second-order valence-corrected chi connectivity index (χ2v) is 8.19. The molecule has 5 heteroatoms. The van der Waals surface area contributed by atoms with E-state index in [1.54, 1.807) is 6.26 Å². The van der Waals surface area contributed by atoms with Gasteiger partial charge in [0.15, 0.2) is 0 Å². The average molecular weight is 358 g/mol. The van der Waals surface area contributed by atoms with Crippen molar-refractivity contribution in [3.63, 3.8) is 0 Å². The third-order valence-corrected chi connectivity index (χ3v) is 6.24. The topological polar surface area (TPSA) is 45.9 Å². The molecule has 4 heterocycles. The van der Waals surface area contributed by atoms with Gasteiger partial charge < -0.3 is 14.1 Å². The third-order valence-electron chi connectivity index (χ3n) is 6.24. The van der Waals surface area contributed by atoms with Gasteiger partial charge >= 0.3 is 0 Å². The molecule has 4 rings (SSSR count). The van der Waals surface area contributed by atoms with E-state index in [0.717, 1.165) is 77.3 Å². The van der Waals surface area contributed by atoms with Crippen LogP contribution in [0.5, 0.6) is 0 Å². The van der Waals surface area contributed by atoms with Crippen LogP contribution < -0.4 is 0 Å². The number of piperidine rings is 1. The predicted molar refractivity (Wildman–Crippen MR) is 101 cm³/mol. The molecule has 1 atom stereocenters. The molecule has 1 unspecified atom stereocenters. The van der Waals surface area contributed by atoms with Gasteiger partial charge in [-0.2, -0.15) is 0 Å². The quantitative estimate of drug-likeness (QED) is 0.829. The maximum absolute atomic E-state index is 13.4. The Hall–Kier alpha value is -1.59. The van der Waals surface area contributed by atoms with Crippen molar-refractivity contribution in [2.24, 2.45) is 5.41 Å². The Kier molecular flexibility index (Phi) is 5.18. The SMILES string of the molecule is CC(=Cc1ccco1)CN1CCC2(CCCN(C3CCOCC3)C2=O)C1. The summed E-state index contributed by atoms with van der Waals surface area (Å²) in [4.78, 5) is 18.0. The molecule has 1 amide bonds. The van der Waals surface area contributed by atoms with Gasteiger partial charge in [-0.3, -0.25) is 9.69 Å². The Morgan fingerprint density at radius 3 is 2.92 bits per heavy atom. The Morgan fingerprint density at radius 2 is 2.15 bits per heavy atom. The molecule has 142 valence electrons. The lowest BCUT2D eigenvalue weighted by Crippen LogP contribution is -2.54. The highest BCUT2D eigenvalue weighted by atomic mass is 16.5. The van der Waals surface area contributed by atoms with Crippen LogP contribution in [0.3, 0.4) is 0 Å². The molecular formula is C21H30N2O3. The summed E-state index contributed by atoms with van der Waals surface area (Å²) in [7, 11) is 0. The van der Waals surface area contributed by atoms with E-state index in [-0.39, 0.29) is 5.41 Å². The van der Waals surface area contributed by atoms with Gasteiger partial charge in [0.05, 0.1) is 11.7 Å². The normalized spacial score (nSPS) is 29.0. The Balaban J connectivity index is 1.40. The second kappa shape index (κ2) is 7.57. The molecular weight excluding hydrogens is 328 g/mol. The zero-order valence-corrected chi connectivity index (χ0v) is 15.8. The summed E-state index contributed by atoms with van der Waals surface area (Å²) >= 11 is 0. The van der Waals surface area contributed by atoms with Gasteiger partial charge in [-0.1, -0.05) is 5.57 Å². The molecule has 3 fully saturated rings. The Morgan fingerprint density at radius 1 is 1.31 bits per heavy atom. The third kappa shape index (κ3) is 3.60. The van der Waals surface area contributed by atoms with E-state index in [1.807, 2.05) is 12.1 Å². The first-order valence-corrected chi connectivity index (χ1v) is 9.98. The van der Waals surface area contributed by atoms with E-state index in [0.29, 0.717) is 11.9 Å². The van der Waals surface area contributed by atoms with Crippen LogP contribution in [-0.2, 0) is 9.53 Å². The van der Waals surface area contributed by atoms with Crippen LogP contribution in [0.1, 0.15) is 44.8 Å². The van der Waals surface area contributed by atoms with Crippen LogP contribution in [0.25, 0.3) is 6.08 Å². The summed E-state index contributed by atoms with van der Waals surface area (Å²) < 4.78 is 10.9. The number of hydrogen-bond donors (Lipinski definition) is 0. The van der Waals surface area contributed by atoms with Crippen molar-refractivity contribution < 1.29 is 13.9 Å². The van der Waals surface area contributed by atoms with Gasteiger partial charge in [0.25, 0.3) is 0 Å². The number of amides is 1. The lowest BCUT2D eigenvalue weighted by molar-refractivity contribution is -0.150. The number of likely N-dealkylation sites (tertiary alicyclic amines) is 2. The van der Waals surface area contributed by atoms with E-state index in [4.69, 9.17) is 9.15 Å². The molecule has 1 spiro atoms. The van der Waals surface area contributed by atoms with E-state index >= 15 is 0 Å². The first-order chi connectivity index (χ1) is 12.7. The van der Waals surface area contributed by atoms with Crippen molar-refractivity contribution in [2.75, 3.05) is 39.4 Å². The molecule has 0 bridgehead atoms. The molecule has 1 aromatic heterocycles. The van der Waals surface area contributed by atoms with Crippen LogP contribution in [0.4, 0.5) is 0 Å². The minimum atomic E-state index is -0.151. The molecule has 5 nitrogen and oxygen atoms in total. The molecule has 0 saturated carbocycles. The highest BCUT2D eigenvalue weighted by Gasteiger charge is 2.49. The standard InChI is InChI=1S/C21H30N2O3/c1-17(14-19-4-2-11-26-19)15-22-10-8-21(16-22)7-3-9-23(20(21)24)18-5-12-25-13-6-18/h2,4,11,14,18H,3,5-10,12-13,15-16H2,1H3. The van der Waals surface area contributed by atoms with E-state index in [1.165, 1.54) is 5.57 Å². The fraction of sp³-hybridized carbons (Fsp3) is 0.667. The minimum absolute atomic E-state index is 0.151. The van der Waals surface area contributed by atoms with Gasteiger partial charge in [0, 0.05) is 38.9 Å². The fourth-order valence-corrected chi connectivity index (χ4v) is 4.93. The number of nitrogens with zero attached hydrogens (tertiary/aromatic N) is 2. The number of furan rings is 1. The average Bonchev–Trinajstić information content (AvgIpc) is 3.29. The van der Waals surface area contributed by atoms with Crippen LogP contribution >= 0.6 is 0 Å². The minimum Gasteiger partial charge on any atom is -0.465 e. The van der Waals surface area contributed by atoms with Gasteiger partial charge in [-0.25, -0.2) is 0 Å². The van der Waals surface area contributed by atoms with Crippen LogP contribution in [-0.4, -0.2) is 61.1 Å². The molecule has 1 aromatic rings. The molecule has 0 aromatic carbocycles. The first-order valence-electron chi connectivity index (χ1n) is 9.98. The van der Waals surface area contributed by atoms with Crippen LogP contribution in [0.2, 0.25) is 0 Å². The van der Waals surface area contributed by atoms with Crippen molar-refractivity contribution in [2.45, 2.75) is 45.1 Å². The monoisotopic (exact) mass is 358 g/mol. The zero-order chi connectivity index (χ0) is 18.0. The van der Waals surface area contributed by atoms with E-state index in [2.05, 4.69) is 22.8 Å². The highest BCUT2D eigenvalue weighted by molar-refractivity contribution is 5.84. The van der Waals surface area contributed by atoms with Crippen molar-refractivity contribution in [1.29, 1.82) is 0 Å². The molecule has 0 radical (unpaired) electrons. The number of hydrogen-bond acceptors (Lipinski definition) is 4. The van der Waals surface area contributed by atoms with Crippen molar-refractivity contribution in [3.05, 3.63) is 29.7 Å². The smallest absolute Gasteiger partial charge is 0.230 e. The van der Waals surface area contributed by atoms with Gasteiger partial charge in [-0.05, 0) is 63.8 Å². The highest BCUT2D eigenvalue weighted by Crippen LogP contribution is 2.41. The van der Waals surface area contributed by atoms with Crippen molar-refractivity contribution in [1.82, 2.24) is 9.80 Å². The molecule has 3 aliphatic heterocycles. The van der Waals surface area contributed by atoms with E-state index < -0.39 is 0 Å². The molecule has 0 aliphatic carbocycles. The molecule has 0 N–H and O–H groups in total. The van der Waals surface area contributed by atoms with E-state index in [9.17, 15) is 4.79 Å². The Labute approximate surface area is 156 Å². The summed E-state index contributed by atoms with van der Waals surface area (Å²) in [5, 5.41) is 0. The number of ether oxygens (including phenoxy) is 1. The molecule has 3 saturated heterocycles. The summed E-state index contributed by atoms with van der Waals surface area (Å²) in [5.41, 5.74) is 1.13. The summed E-state index contributed by atoms with van der Waals surface area (Å²) in [6.07, 6.45) is 8.98. The molecule has 26 heavy (non-hydrogen) atoms. The number of rotatable bonds is 4. The van der Waals surface area contributed by atoms with Crippen molar-refractivity contribution in [3.8, 4) is 0 Å². The summed E-state index contributed by atoms with van der Waals surface area (Å²) in [6.45, 7) is 7.49. The Bertz CT molecular complexity index is 648. The maximum Gasteiger partial charge on any atom is 0.230 e. The predicted octanol–water partition coefficient (Wildman–Crippen LogP) is 3.18. The lowest BCUT2D eigenvalue weighted by atomic mass is 9.77. The molecule has 3 aliphatic rings. The lowest BCUT2D eigenvalue weighted by Gasteiger charge is -2.44. The second-order valence-electron chi connectivity index (χ2n) is 8.19. The summed E-state index contributed by atoms with van der Waals surface area (Å²) in [5.74, 6) is 1.31. The van der Waals surface area contributed by atoms with Crippen molar-refractivity contribution >= 4 is 12.0 Å². The first kappa shape index (κ1) is 17.8. The number of carbonyl (C=O) groups is 1. The maximum atomic E-state index is 13.4. The largest absolute Gasteiger partial charge is 0.465 e. The van der Waals surface area contributed by atoms with Gasteiger partial charge in [0.1, 0.15) is 5.76 Å². The number of carbonyl (C=O) groups excluding carboxylic acids is 1. The van der Waals surface area contributed by atoms with Crippen LogP contribution in [0.15, 0.2) is 28.4 Å². The van der Waals surface area contributed by atoms with Gasteiger partial charge in [-0.15, -0.1) is 0 Å². The zero-order valence-electron chi connectivity index (χ0n) is 15.8. The van der Waals surface area contributed by atoms with Crippen LogP contribution in [0, 0.1) is 5.41 Å². The fourth-order valence-electron chi connectivity index (χ4n) is 4.93. The summed E-state index contributed by atoms with van der Waals surface area (Å²) in [6, 6.07) is 4.28.